The fourth-order valence-electron chi connectivity index (χ4n) is 2.57. The molecule has 18 heavy (non-hydrogen) atoms. The van der Waals surface area contributed by atoms with Crippen molar-refractivity contribution in [2.75, 3.05) is 26.5 Å². The molecule has 0 aromatic carbocycles. The number of esters is 1. The summed E-state index contributed by atoms with van der Waals surface area (Å²) >= 11 is 0. The van der Waals surface area contributed by atoms with Crippen LogP contribution in [0.15, 0.2) is 0 Å². The lowest BCUT2D eigenvalue weighted by Crippen LogP contribution is -2.44. The van der Waals surface area contributed by atoms with Crippen LogP contribution in [0.3, 0.4) is 0 Å². The molecule has 0 bridgehead atoms. The Labute approximate surface area is 109 Å². The van der Waals surface area contributed by atoms with Crippen LogP contribution in [0.4, 0.5) is 0 Å². The first-order chi connectivity index (χ1) is 8.38. The van der Waals surface area contributed by atoms with E-state index in [9.17, 15) is 13.2 Å². The van der Waals surface area contributed by atoms with E-state index >= 15 is 0 Å². The number of carbonyl (C=O) groups excluding carboxylic acids is 1. The highest BCUT2D eigenvalue weighted by Crippen LogP contribution is 2.27. The maximum Gasteiger partial charge on any atom is 0.319 e. The number of nitrogens with zero attached hydrogens (tertiary/aromatic N) is 1. The summed E-state index contributed by atoms with van der Waals surface area (Å²) in [6.45, 7) is 2.96. The first kappa shape index (κ1) is 15.4. The highest BCUT2D eigenvalue weighted by atomic mass is 32.2. The van der Waals surface area contributed by atoms with E-state index < -0.39 is 9.84 Å². The normalized spacial score (nSPS) is 25.1. The van der Waals surface area contributed by atoms with E-state index in [1.54, 1.807) is 0 Å². The fraction of sp³-hybridized carbons (Fsp3) is 0.917. The quantitative estimate of drug-likeness (QED) is 0.697. The Morgan fingerprint density at radius 2 is 2.06 bits per heavy atom. The summed E-state index contributed by atoms with van der Waals surface area (Å²) in [6, 6.07) is 0.169. The van der Waals surface area contributed by atoms with Crippen LogP contribution in [-0.2, 0) is 19.4 Å². The number of ether oxygens (including phenoxy) is 1. The summed E-state index contributed by atoms with van der Waals surface area (Å²) in [7, 11) is -1.61. The molecule has 1 fully saturated rings. The van der Waals surface area contributed by atoms with Gasteiger partial charge in [-0.05, 0) is 25.8 Å². The number of hydrogen-bond donors (Lipinski definition) is 0. The summed E-state index contributed by atoms with van der Waals surface area (Å²) in [6.07, 6.45) is 4.53. The Hall–Kier alpha value is -0.620. The maximum absolute atomic E-state index is 11.6. The second kappa shape index (κ2) is 6.52. The number of likely N-dealkylation sites (N-methyl/N-ethyl adjacent to an activating group) is 1. The van der Waals surface area contributed by atoms with E-state index in [2.05, 4.69) is 4.74 Å². The zero-order valence-corrected chi connectivity index (χ0v) is 12.2. The summed E-state index contributed by atoms with van der Waals surface area (Å²) in [5, 5.41) is -0.261. The topological polar surface area (TPSA) is 63.7 Å². The third kappa shape index (κ3) is 4.24. The van der Waals surface area contributed by atoms with E-state index in [1.807, 2.05) is 11.8 Å². The Morgan fingerprint density at radius 3 is 2.56 bits per heavy atom. The molecule has 2 atom stereocenters. The van der Waals surface area contributed by atoms with Crippen LogP contribution in [-0.4, -0.2) is 57.0 Å². The zero-order valence-electron chi connectivity index (χ0n) is 11.4. The van der Waals surface area contributed by atoms with Gasteiger partial charge in [0, 0.05) is 12.3 Å². The Bertz CT molecular complexity index is 380. The second-order valence-corrected chi connectivity index (χ2v) is 7.24. The lowest BCUT2D eigenvalue weighted by molar-refractivity contribution is -0.142. The highest BCUT2D eigenvalue weighted by molar-refractivity contribution is 7.91. The van der Waals surface area contributed by atoms with Gasteiger partial charge in [0.05, 0.1) is 18.9 Å². The van der Waals surface area contributed by atoms with Crippen molar-refractivity contribution < 1.29 is 17.9 Å². The number of hydrogen-bond acceptors (Lipinski definition) is 5. The molecule has 1 aliphatic rings. The van der Waals surface area contributed by atoms with E-state index in [0.29, 0.717) is 6.42 Å². The van der Waals surface area contributed by atoms with E-state index in [1.165, 1.54) is 13.4 Å². The van der Waals surface area contributed by atoms with Gasteiger partial charge in [-0.2, -0.15) is 0 Å². The number of carbonyl (C=O) groups is 1. The number of rotatable bonds is 5. The minimum Gasteiger partial charge on any atom is -0.468 e. The van der Waals surface area contributed by atoms with Gasteiger partial charge >= 0.3 is 5.97 Å². The highest BCUT2D eigenvalue weighted by Gasteiger charge is 2.32. The standard InChI is InChI=1S/C12H23NO4S/c1-4-13(9-12(14)17-2)10-6-5-7-11(8-10)18(3,15)16/h10-11H,4-9H2,1-3H3. The molecule has 2 unspecified atom stereocenters. The molecular weight excluding hydrogens is 254 g/mol. The van der Waals surface area contributed by atoms with Crippen molar-refractivity contribution in [1.82, 2.24) is 4.90 Å². The lowest BCUT2D eigenvalue weighted by atomic mass is 9.93. The lowest BCUT2D eigenvalue weighted by Gasteiger charge is -2.35. The average molecular weight is 277 g/mol. The van der Waals surface area contributed by atoms with Crippen molar-refractivity contribution in [3.63, 3.8) is 0 Å². The van der Waals surface area contributed by atoms with Crippen molar-refractivity contribution in [2.45, 2.75) is 43.9 Å². The van der Waals surface area contributed by atoms with Crippen molar-refractivity contribution in [3.05, 3.63) is 0 Å². The van der Waals surface area contributed by atoms with Gasteiger partial charge in [-0.15, -0.1) is 0 Å². The largest absolute Gasteiger partial charge is 0.468 e. The first-order valence-electron chi connectivity index (χ1n) is 6.38. The molecule has 0 spiro atoms. The molecule has 0 radical (unpaired) electrons. The summed E-state index contributed by atoms with van der Waals surface area (Å²) in [4.78, 5) is 13.3. The van der Waals surface area contributed by atoms with Gasteiger partial charge in [-0.25, -0.2) is 8.42 Å². The molecule has 5 nitrogen and oxygen atoms in total. The molecule has 0 saturated heterocycles. The van der Waals surface area contributed by atoms with Crippen LogP contribution in [0.5, 0.6) is 0 Å². The van der Waals surface area contributed by atoms with Crippen molar-refractivity contribution in [3.8, 4) is 0 Å². The Morgan fingerprint density at radius 1 is 1.39 bits per heavy atom. The molecule has 0 N–H and O–H groups in total. The zero-order chi connectivity index (χ0) is 13.8. The summed E-state index contributed by atoms with van der Waals surface area (Å²) < 4.78 is 27.9. The van der Waals surface area contributed by atoms with Crippen molar-refractivity contribution >= 4 is 15.8 Å². The van der Waals surface area contributed by atoms with Crippen LogP contribution >= 0.6 is 0 Å². The monoisotopic (exact) mass is 277 g/mol. The second-order valence-electron chi connectivity index (χ2n) is 4.91. The Kier molecular flexibility index (Phi) is 5.59. The van der Waals surface area contributed by atoms with Crippen LogP contribution in [0, 0.1) is 0 Å². The minimum atomic E-state index is -2.98. The van der Waals surface area contributed by atoms with Gasteiger partial charge in [0.25, 0.3) is 0 Å². The van der Waals surface area contributed by atoms with Gasteiger partial charge in [0.2, 0.25) is 0 Å². The first-order valence-corrected chi connectivity index (χ1v) is 8.33. The van der Waals surface area contributed by atoms with Crippen LogP contribution in [0.1, 0.15) is 32.6 Å². The predicted octanol–water partition coefficient (Wildman–Crippen LogP) is 0.837. The van der Waals surface area contributed by atoms with E-state index in [4.69, 9.17) is 0 Å². The van der Waals surface area contributed by atoms with Gasteiger partial charge < -0.3 is 4.74 Å². The number of methoxy groups -OCH3 is 1. The third-order valence-corrected chi connectivity index (χ3v) is 5.33. The SMILES string of the molecule is CCN(CC(=O)OC)C1CCCC(S(C)(=O)=O)C1. The Balaban J connectivity index is 2.66. The molecule has 0 heterocycles. The van der Waals surface area contributed by atoms with Crippen LogP contribution in [0.2, 0.25) is 0 Å². The molecule has 0 aromatic rings. The van der Waals surface area contributed by atoms with Crippen LogP contribution in [0.25, 0.3) is 0 Å². The number of sulfone groups is 1. The summed E-state index contributed by atoms with van der Waals surface area (Å²) in [5.74, 6) is -0.265. The fourth-order valence-corrected chi connectivity index (χ4v) is 3.74. The van der Waals surface area contributed by atoms with Crippen LogP contribution < -0.4 is 0 Å². The van der Waals surface area contributed by atoms with Gasteiger partial charge in [0.1, 0.15) is 9.84 Å². The average Bonchev–Trinajstić information content (AvgIpc) is 2.34. The van der Waals surface area contributed by atoms with Crippen molar-refractivity contribution in [2.24, 2.45) is 0 Å². The van der Waals surface area contributed by atoms with Gasteiger partial charge in [0.15, 0.2) is 0 Å². The van der Waals surface area contributed by atoms with Gasteiger partial charge in [-0.3, -0.25) is 9.69 Å². The molecule has 1 rings (SSSR count). The third-order valence-electron chi connectivity index (χ3n) is 3.69. The molecule has 1 aliphatic carbocycles. The molecule has 1 saturated carbocycles. The van der Waals surface area contributed by atoms with Crippen molar-refractivity contribution in [1.29, 1.82) is 0 Å². The van der Waals surface area contributed by atoms with E-state index in [0.717, 1.165) is 25.8 Å². The molecule has 0 amide bonds. The molecule has 106 valence electrons. The minimum absolute atomic E-state index is 0.169. The maximum atomic E-state index is 11.6. The van der Waals surface area contributed by atoms with E-state index in [-0.39, 0.29) is 23.8 Å². The van der Waals surface area contributed by atoms with Gasteiger partial charge in [-0.1, -0.05) is 13.3 Å². The molecular formula is C12H23NO4S. The summed E-state index contributed by atoms with van der Waals surface area (Å²) in [5.41, 5.74) is 0. The smallest absolute Gasteiger partial charge is 0.319 e. The molecule has 0 aromatic heterocycles. The predicted molar refractivity (Wildman–Crippen MR) is 70.2 cm³/mol. The molecule has 0 aliphatic heterocycles. The molecule has 6 heteroatoms.